The molecule has 1 aromatic heterocycles. The molecule has 0 amide bonds. The fraction of sp³-hybridized carbons (Fsp3) is 0.133. The molecule has 0 fully saturated rings. The van der Waals surface area contributed by atoms with E-state index in [2.05, 4.69) is 4.40 Å². The quantitative estimate of drug-likeness (QED) is 0.664. The largest absolute Gasteiger partial charge is 0.319 e. The van der Waals surface area contributed by atoms with Gasteiger partial charge in [-0.15, -0.1) is 4.40 Å². The van der Waals surface area contributed by atoms with Gasteiger partial charge in [0.1, 0.15) is 0 Å². The Bertz CT molecular complexity index is 1070. The number of aryl methyl sites for hydroxylation is 2. The van der Waals surface area contributed by atoms with Crippen molar-refractivity contribution in [3.05, 3.63) is 56.8 Å². The van der Waals surface area contributed by atoms with Crippen LogP contribution in [0.1, 0.15) is 5.56 Å². The number of rotatable bonds is 2. The predicted octanol–water partition coefficient (Wildman–Crippen LogP) is 4.14. The van der Waals surface area contributed by atoms with Gasteiger partial charge in [-0.1, -0.05) is 34.5 Å². The van der Waals surface area contributed by atoms with Crippen LogP contribution in [0, 0.1) is 6.92 Å². The second-order valence-electron chi connectivity index (χ2n) is 4.98. The Morgan fingerprint density at radius 3 is 2.39 bits per heavy atom. The molecule has 0 aliphatic heterocycles. The van der Waals surface area contributed by atoms with E-state index in [-0.39, 0.29) is 4.90 Å². The minimum absolute atomic E-state index is 0.106. The minimum Gasteiger partial charge on any atom is -0.319 e. The van der Waals surface area contributed by atoms with Crippen LogP contribution >= 0.6 is 34.5 Å². The van der Waals surface area contributed by atoms with Crippen molar-refractivity contribution in [1.29, 1.82) is 0 Å². The molecule has 0 atom stereocenters. The van der Waals surface area contributed by atoms with Gasteiger partial charge in [0.05, 0.1) is 15.1 Å². The van der Waals surface area contributed by atoms with Crippen molar-refractivity contribution < 1.29 is 8.42 Å². The molecular formula is C15H12Cl2N2O2S2. The van der Waals surface area contributed by atoms with Gasteiger partial charge < -0.3 is 4.57 Å². The second-order valence-corrected chi connectivity index (χ2v) is 8.44. The van der Waals surface area contributed by atoms with Crippen LogP contribution in [0.3, 0.4) is 0 Å². The number of fused-ring (bicyclic) bond motifs is 1. The molecule has 0 spiro atoms. The minimum atomic E-state index is -3.80. The van der Waals surface area contributed by atoms with Gasteiger partial charge in [0.2, 0.25) is 4.80 Å². The summed E-state index contributed by atoms with van der Waals surface area (Å²) in [7, 11) is -2.02. The SMILES string of the molecule is Cc1c(Cl)ccc2s/c(=N\S(=O)(=O)c3ccc(Cl)cc3)n(C)c12. The number of benzene rings is 2. The van der Waals surface area contributed by atoms with Gasteiger partial charge in [0.15, 0.2) is 0 Å². The Morgan fingerprint density at radius 1 is 1.09 bits per heavy atom. The molecular weight excluding hydrogens is 375 g/mol. The number of thiazole rings is 1. The predicted molar refractivity (Wildman–Crippen MR) is 94.7 cm³/mol. The molecule has 8 heteroatoms. The maximum atomic E-state index is 12.5. The highest BCUT2D eigenvalue weighted by atomic mass is 35.5. The van der Waals surface area contributed by atoms with Crippen molar-refractivity contribution in [3.8, 4) is 0 Å². The molecule has 4 nitrogen and oxygen atoms in total. The van der Waals surface area contributed by atoms with E-state index in [4.69, 9.17) is 23.2 Å². The van der Waals surface area contributed by atoms with Gasteiger partial charge in [0.25, 0.3) is 10.0 Å². The third kappa shape index (κ3) is 3.04. The zero-order valence-corrected chi connectivity index (χ0v) is 15.4. The van der Waals surface area contributed by atoms with Crippen LogP contribution in [0.4, 0.5) is 0 Å². The van der Waals surface area contributed by atoms with E-state index in [9.17, 15) is 8.42 Å². The number of halogens is 2. The number of nitrogens with zero attached hydrogens (tertiary/aromatic N) is 2. The average Bonchev–Trinajstić information content (AvgIpc) is 2.80. The summed E-state index contributed by atoms with van der Waals surface area (Å²) < 4.78 is 31.5. The Hall–Kier alpha value is -1.34. The van der Waals surface area contributed by atoms with Crippen LogP contribution in [0.25, 0.3) is 10.2 Å². The first kappa shape index (κ1) is 16.5. The van der Waals surface area contributed by atoms with E-state index in [1.54, 1.807) is 17.7 Å². The van der Waals surface area contributed by atoms with Crippen LogP contribution in [-0.4, -0.2) is 13.0 Å². The normalized spacial score (nSPS) is 13.0. The summed E-state index contributed by atoms with van der Waals surface area (Å²) in [5.41, 5.74) is 1.78. The number of sulfonamides is 1. The third-order valence-corrected chi connectivity index (χ3v) is 6.62. The van der Waals surface area contributed by atoms with Crippen LogP contribution in [0.15, 0.2) is 45.7 Å². The summed E-state index contributed by atoms with van der Waals surface area (Å²) in [5.74, 6) is 0. The lowest BCUT2D eigenvalue weighted by molar-refractivity contribution is 0.596. The molecule has 1 heterocycles. The zero-order valence-electron chi connectivity index (χ0n) is 12.2. The molecule has 3 aromatic rings. The molecule has 120 valence electrons. The summed E-state index contributed by atoms with van der Waals surface area (Å²) in [6, 6.07) is 9.60. The summed E-state index contributed by atoms with van der Waals surface area (Å²) in [6.45, 7) is 1.90. The molecule has 2 aromatic carbocycles. The summed E-state index contributed by atoms with van der Waals surface area (Å²) >= 11 is 13.2. The van der Waals surface area contributed by atoms with Gasteiger partial charge in [-0.3, -0.25) is 0 Å². The molecule has 0 aliphatic rings. The molecule has 0 aliphatic carbocycles. The molecule has 3 rings (SSSR count). The fourth-order valence-corrected chi connectivity index (χ4v) is 4.84. The van der Waals surface area contributed by atoms with E-state index >= 15 is 0 Å². The van der Waals surface area contributed by atoms with Crippen LogP contribution in [0.5, 0.6) is 0 Å². The highest BCUT2D eigenvalue weighted by Gasteiger charge is 2.15. The van der Waals surface area contributed by atoms with Crippen LogP contribution < -0.4 is 4.80 Å². The van der Waals surface area contributed by atoms with Gasteiger partial charge in [0, 0.05) is 17.1 Å². The maximum absolute atomic E-state index is 12.5. The lowest BCUT2D eigenvalue weighted by Gasteiger charge is -2.02. The molecule has 0 unspecified atom stereocenters. The molecule has 0 radical (unpaired) electrons. The third-order valence-electron chi connectivity index (χ3n) is 3.46. The zero-order chi connectivity index (χ0) is 16.8. The van der Waals surface area contributed by atoms with Crippen LogP contribution in [-0.2, 0) is 17.1 Å². The van der Waals surface area contributed by atoms with E-state index in [1.807, 2.05) is 13.0 Å². The average molecular weight is 387 g/mol. The smallest absolute Gasteiger partial charge is 0.285 e. The Labute approximate surface area is 147 Å². The van der Waals surface area contributed by atoms with Crippen molar-refractivity contribution in [2.24, 2.45) is 11.4 Å². The Balaban J connectivity index is 2.23. The van der Waals surface area contributed by atoms with Gasteiger partial charge in [-0.05, 0) is 48.9 Å². The highest BCUT2D eigenvalue weighted by Crippen LogP contribution is 2.26. The summed E-state index contributed by atoms with van der Waals surface area (Å²) in [6.07, 6.45) is 0. The van der Waals surface area contributed by atoms with E-state index < -0.39 is 10.0 Å². The maximum Gasteiger partial charge on any atom is 0.285 e. The van der Waals surface area contributed by atoms with Gasteiger partial charge in [-0.25, -0.2) is 0 Å². The monoisotopic (exact) mass is 386 g/mol. The molecule has 0 N–H and O–H groups in total. The summed E-state index contributed by atoms with van der Waals surface area (Å²) in [4.78, 5) is 0.495. The lowest BCUT2D eigenvalue weighted by atomic mass is 10.2. The number of hydrogen-bond donors (Lipinski definition) is 0. The van der Waals surface area contributed by atoms with Crippen LogP contribution in [0.2, 0.25) is 10.0 Å². The first-order chi connectivity index (χ1) is 10.8. The van der Waals surface area contributed by atoms with Crippen molar-refractivity contribution >= 4 is 54.8 Å². The Morgan fingerprint density at radius 2 is 1.74 bits per heavy atom. The number of hydrogen-bond acceptors (Lipinski definition) is 3. The van der Waals surface area contributed by atoms with Crippen molar-refractivity contribution in [2.45, 2.75) is 11.8 Å². The van der Waals surface area contributed by atoms with E-state index in [0.29, 0.717) is 14.8 Å². The molecule has 0 saturated heterocycles. The topological polar surface area (TPSA) is 51.4 Å². The molecule has 0 saturated carbocycles. The fourth-order valence-electron chi connectivity index (χ4n) is 2.25. The van der Waals surface area contributed by atoms with E-state index in [1.165, 1.54) is 35.6 Å². The lowest BCUT2D eigenvalue weighted by Crippen LogP contribution is -2.14. The first-order valence-electron chi connectivity index (χ1n) is 6.61. The first-order valence-corrected chi connectivity index (χ1v) is 9.62. The van der Waals surface area contributed by atoms with Gasteiger partial charge >= 0.3 is 0 Å². The van der Waals surface area contributed by atoms with E-state index in [0.717, 1.165) is 15.8 Å². The Kier molecular flexibility index (Phi) is 4.27. The highest BCUT2D eigenvalue weighted by molar-refractivity contribution is 7.90. The van der Waals surface area contributed by atoms with Crippen molar-refractivity contribution in [3.63, 3.8) is 0 Å². The summed E-state index contributed by atoms with van der Waals surface area (Å²) in [5, 5.41) is 1.11. The molecule has 0 bridgehead atoms. The second kappa shape index (κ2) is 5.94. The van der Waals surface area contributed by atoms with Crippen molar-refractivity contribution in [2.75, 3.05) is 0 Å². The molecule has 23 heavy (non-hydrogen) atoms. The number of aromatic nitrogens is 1. The van der Waals surface area contributed by atoms with Gasteiger partial charge in [-0.2, -0.15) is 8.42 Å². The standard InChI is InChI=1S/C15H12Cl2N2O2S2/c1-9-12(17)7-8-13-14(9)19(2)15(22-13)18-23(20,21)11-5-3-10(16)4-6-11/h3-8H,1-2H3/b18-15-. The van der Waals surface area contributed by atoms with Crippen molar-refractivity contribution in [1.82, 2.24) is 4.57 Å².